The number of likely N-dealkylation sites (N-methyl/N-ethyl adjacent to an activating group) is 1. The van der Waals surface area contributed by atoms with Crippen LogP contribution >= 0.6 is 0 Å². The number of carboxylic acid groups (broad SMARTS) is 1. The number of hydrogen-bond acceptors (Lipinski definition) is 8. The summed E-state index contributed by atoms with van der Waals surface area (Å²) in [5.41, 5.74) is 0. The first kappa shape index (κ1) is 85.7. The van der Waals surface area contributed by atoms with E-state index in [0.29, 0.717) is 23.9 Å². The fourth-order valence-electron chi connectivity index (χ4n) is 11.2. The maximum atomic E-state index is 12.9. The Morgan fingerprint density at radius 3 is 0.966 bits per heavy atom. The quantitative estimate of drug-likeness (QED) is 0.0195. The molecule has 9 heteroatoms. The lowest BCUT2D eigenvalue weighted by Crippen LogP contribution is -2.44. The Labute approximate surface area is 551 Å². The average Bonchev–Trinajstić information content (AvgIpc) is 3.64. The highest BCUT2D eigenvalue weighted by Gasteiger charge is 2.22. The summed E-state index contributed by atoms with van der Waals surface area (Å²) < 4.78 is 22.8. The molecule has 518 valence electrons. The lowest BCUT2D eigenvalue weighted by molar-refractivity contribution is -0.870. The summed E-state index contributed by atoms with van der Waals surface area (Å²) in [5.74, 6) is -2.27. The summed E-state index contributed by atoms with van der Waals surface area (Å²) in [5, 5.41) is 11.8. The fourth-order valence-corrected chi connectivity index (χ4v) is 11.2. The normalized spacial score (nSPS) is 13.0. The highest BCUT2D eigenvalue weighted by atomic mass is 16.7. The molecule has 0 bridgehead atoms. The van der Waals surface area contributed by atoms with Crippen molar-refractivity contribution in [3.63, 3.8) is 0 Å². The molecule has 0 saturated carbocycles. The van der Waals surface area contributed by atoms with Crippen LogP contribution in [0.15, 0.2) is 72.9 Å². The van der Waals surface area contributed by atoms with Crippen LogP contribution < -0.4 is 5.11 Å². The summed E-state index contributed by atoms with van der Waals surface area (Å²) in [6.45, 7) is 4.68. The van der Waals surface area contributed by atoms with Crippen molar-refractivity contribution in [1.82, 2.24) is 0 Å². The van der Waals surface area contributed by atoms with E-state index >= 15 is 0 Å². The highest BCUT2D eigenvalue weighted by molar-refractivity contribution is 5.70. The Hall–Kier alpha value is -3.27. The number of esters is 2. The van der Waals surface area contributed by atoms with Crippen LogP contribution in [0.4, 0.5) is 0 Å². The zero-order valence-corrected chi connectivity index (χ0v) is 59.3. The van der Waals surface area contributed by atoms with Gasteiger partial charge >= 0.3 is 11.9 Å². The summed E-state index contributed by atoms with van der Waals surface area (Å²) in [4.78, 5) is 37.5. The Morgan fingerprint density at radius 2 is 0.640 bits per heavy atom. The van der Waals surface area contributed by atoms with Gasteiger partial charge in [0.2, 0.25) is 0 Å². The van der Waals surface area contributed by atoms with E-state index in [-0.39, 0.29) is 32.2 Å². The van der Waals surface area contributed by atoms with Gasteiger partial charge in [0.1, 0.15) is 13.2 Å². The van der Waals surface area contributed by atoms with Gasteiger partial charge in [-0.25, -0.2) is 0 Å². The van der Waals surface area contributed by atoms with Gasteiger partial charge in [-0.05, 0) is 83.5 Å². The van der Waals surface area contributed by atoms with Crippen molar-refractivity contribution in [2.24, 2.45) is 0 Å². The number of allylic oxidation sites excluding steroid dienone is 12. The fraction of sp³-hybridized carbons (Fsp3) is 0.812. The Bertz CT molecular complexity index is 1690. The van der Waals surface area contributed by atoms with Crippen LogP contribution in [-0.4, -0.2) is 82.3 Å². The number of carbonyl (C=O) groups excluding carboxylic acids is 3. The van der Waals surface area contributed by atoms with E-state index < -0.39 is 24.3 Å². The molecule has 0 saturated heterocycles. The second-order valence-corrected chi connectivity index (χ2v) is 26.9. The molecule has 0 aromatic rings. The summed E-state index contributed by atoms with van der Waals surface area (Å²) in [7, 11) is 5.94. The monoisotopic (exact) mass is 1250 g/mol. The molecule has 2 atom stereocenters. The third kappa shape index (κ3) is 72.0. The van der Waals surface area contributed by atoms with Gasteiger partial charge in [0, 0.05) is 12.8 Å². The maximum absolute atomic E-state index is 12.9. The van der Waals surface area contributed by atoms with Gasteiger partial charge in [0.05, 0.1) is 40.3 Å². The van der Waals surface area contributed by atoms with Gasteiger partial charge < -0.3 is 33.3 Å². The lowest BCUT2D eigenvalue weighted by Gasteiger charge is -2.26. The van der Waals surface area contributed by atoms with Crippen LogP contribution in [0.1, 0.15) is 361 Å². The molecule has 0 amide bonds. The van der Waals surface area contributed by atoms with Crippen LogP contribution in [0.3, 0.4) is 0 Å². The number of ether oxygens (including phenoxy) is 4. The third-order valence-electron chi connectivity index (χ3n) is 16.9. The van der Waals surface area contributed by atoms with E-state index in [1.165, 1.54) is 250 Å². The maximum Gasteiger partial charge on any atom is 0.306 e. The van der Waals surface area contributed by atoms with Crippen molar-refractivity contribution in [3.8, 4) is 0 Å². The van der Waals surface area contributed by atoms with E-state index in [0.717, 1.165) is 77.0 Å². The first-order chi connectivity index (χ1) is 43.6. The van der Waals surface area contributed by atoms with Crippen LogP contribution in [0.25, 0.3) is 0 Å². The minimum Gasteiger partial charge on any atom is -0.545 e. The Balaban J connectivity index is 4.00. The lowest BCUT2D eigenvalue weighted by atomic mass is 10.0. The first-order valence-corrected chi connectivity index (χ1v) is 38.1. The van der Waals surface area contributed by atoms with Crippen LogP contribution in [0.2, 0.25) is 0 Å². The van der Waals surface area contributed by atoms with Gasteiger partial charge in [-0.2, -0.15) is 0 Å². The Kier molecular flexibility index (Phi) is 68.0. The van der Waals surface area contributed by atoms with Gasteiger partial charge in [-0.1, -0.05) is 337 Å². The van der Waals surface area contributed by atoms with Crippen molar-refractivity contribution >= 4 is 17.9 Å². The number of hydrogen-bond donors (Lipinski definition) is 0. The second kappa shape index (κ2) is 70.6. The van der Waals surface area contributed by atoms with Crippen molar-refractivity contribution in [2.75, 3.05) is 47.5 Å². The van der Waals surface area contributed by atoms with Gasteiger partial charge in [0.25, 0.3) is 0 Å². The number of carboxylic acids is 1. The molecule has 0 aliphatic rings. The molecular formula is C80H145NO8. The number of nitrogens with zero attached hydrogens (tertiary/aromatic N) is 1. The largest absolute Gasteiger partial charge is 0.545 e. The standard InChI is InChI=1S/C80H145NO8/c1-6-8-10-12-14-16-18-20-22-24-26-28-30-32-34-35-36-37-38-39-40-41-42-43-45-46-48-50-52-54-56-58-60-62-64-66-68-70-77(82)87-74-76(75-88-80(79(84)85)86-73-72-81(3,4)5)89-78(83)71-69-67-65-63-61-59-57-55-53-51-49-47-44-33-31-29-27-25-23-21-19-17-15-13-11-9-7-2/h9,11,15,17,21,23-24,26-27,29,33,44,76,80H,6-8,10,12-14,16,18-20,22,25,28,30-32,34-43,45-75H2,1-5H3/b11-9-,17-15-,23-21-,26-24-,29-27-,44-33-. The minimum absolute atomic E-state index is 0.146. The molecule has 0 spiro atoms. The van der Waals surface area contributed by atoms with E-state index in [1.807, 2.05) is 21.1 Å². The van der Waals surface area contributed by atoms with Crippen LogP contribution in [-0.2, 0) is 33.3 Å². The van der Waals surface area contributed by atoms with Crippen LogP contribution in [0, 0.1) is 0 Å². The number of unbranched alkanes of at least 4 members (excludes halogenated alkanes) is 44. The van der Waals surface area contributed by atoms with Gasteiger partial charge in [0.15, 0.2) is 12.4 Å². The molecule has 0 N–H and O–H groups in total. The Morgan fingerprint density at radius 1 is 0.348 bits per heavy atom. The predicted octanol–water partition coefficient (Wildman–Crippen LogP) is 22.7. The molecule has 0 radical (unpaired) electrons. The number of aliphatic carboxylic acids is 1. The van der Waals surface area contributed by atoms with E-state index in [1.54, 1.807) is 0 Å². The molecule has 89 heavy (non-hydrogen) atoms. The average molecular weight is 1250 g/mol. The second-order valence-electron chi connectivity index (χ2n) is 26.9. The van der Waals surface area contributed by atoms with Gasteiger partial charge in [-0.3, -0.25) is 9.59 Å². The first-order valence-electron chi connectivity index (χ1n) is 38.1. The third-order valence-corrected chi connectivity index (χ3v) is 16.9. The molecule has 0 aromatic heterocycles. The summed E-state index contributed by atoms with van der Waals surface area (Å²) >= 11 is 0. The topological polar surface area (TPSA) is 111 Å². The van der Waals surface area contributed by atoms with E-state index in [9.17, 15) is 19.5 Å². The SMILES string of the molecule is CC/C=C\C/C=C\C/C=C\C/C=C\C/C=C\CCCCCCCCCCCCCC(=O)OC(COC(=O)CCCCCCCCCCCCCCCCCCCCCCCCCCC/C=C\CCCCCCCCCC)COC(OCC[N+](C)(C)C)C(=O)[O-]. The minimum atomic E-state index is -1.62. The zero-order valence-electron chi connectivity index (χ0n) is 59.3. The molecule has 2 unspecified atom stereocenters. The molecule has 0 aliphatic heterocycles. The van der Waals surface area contributed by atoms with Crippen LogP contribution in [0.5, 0.6) is 0 Å². The molecular weight excluding hydrogens is 1100 g/mol. The zero-order chi connectivity index (χ0) is 64.7. The summed E-state index contributed by atoms with van der Waals surface area (Å²) in [6.07, 6.45) is 91.6. The molecule has 0 aromatic carbocycles. The van der Waals surface area contributed by atoms with Crippen molar-refractivity contribution in [3.05, 3.63) is 72.9 Å². The number of rotatable bonds is 71. The smallest absolute Gasteiger partial charge is 0.306 e. The van der Waals surface area contributed by atoms with Crippen molar-refractivity contribution < 1.29 is 42.9 Å². The number of quaternary nitrogens is 1. The van der Waals surface area contributed by atoms with Gasteiger partial charge in [-0.15, -0.1) is 0 Å². The summed E-state index contributed by atoms with van der Waals surface area (Å²) in [6, 6.07) is 0. The van der Waals surface area contributed by atoms with Crippen molar-refractivity contribution in [1.29, 1.82) is 0 Å². The highest BCUT2D eigenvalue weighted by Crippen LogP contribution is 2.19. The molecule has 0 fully saturated rings. The molecule has 9 nitrogen and oxygen atoms in total. The predicted molar refractivity (Wildman–Crippen MR) is 380 cm³/mol. The van der Waals surface area contributed by atoms with Crippen molar-refractivity contribution in [2.45, 2.75) is 373 Å². The number of carbonyl (C=O) groups is 3. The molecule has 0 heterocycles. The van der Waals surface area contributed by atoms with E-state index in [2.05, 4.69) is 86.8 Å². The van der Waals surface area contributed by atoms with E-state index in [4.69, 9.17) is 18.9 Å². The molecule has 0 aliphatic carbocycles. The molecule has 0 rings (SSSR count).